The highest BCUT2D eigenvalue weighted by Gasteiger charge is 2.20. The molecule has 1 fully saturated rings. The van der Waals surface area contributed by atoms with Gasteiger partial charge in [0.25, 0.3) is 5.69 Å². The van der Waals surface area contributed by atoms with E-state index < -0.39 is 6.10 Å². The smallest absolute Gasteiger partial charge is 0.269 e. The van der Waals surface area contributed by atoms with Crippen LogP contribution in [0.15, 0.2) is 66.7 Å². The van der Waals surface area contributed by atoms with Crippen molar-refractivity contribution in [2.45, 2.75) is 6.10 Å². The van der Waals surface area contributed by atoms with Crippen LogP contribution >= 0.6 is 0 Å². The normalized spacial score (nSPS) is 16.2. The summed E-state index contributed by atoms with van der Waals surface area (Å²) in [4.78, 5) is 14.9. The second kappa shape index (κ2) is 7.96. The SMILES string of the molecule is O=[N+]([O-])c1ccc(N2CCN(CC(O)c3ccc4ccccc4c3)CC2)cc1. The number of piperazine rings is 1. The second-order valence-corrected chi connectivity index (χ2v) is 7.18. The monoisotopic (exact) mass is 377 g/mol. The molecule has 0 radical (unpaired) electrons. The minimum absolute atomic E-state index is 0.112. The van der Waals surface area contributed by atoms with Crippen LogP contribution in [0.5, 0.6) is 0 Å². The molecule has 6 heteroatoms. The van der Waals surface area contributed by atoms with Gasteiger partial charge < -0.3 is 10.0 Å². The molecule has 0 bridgehead atoms. The number of hydrogen-bond acceptors (Lipinski definition) is 5. The summed E-state index contributed by atoms with van der Waals surface area (Å²) in [5.41, 5.74) is 2.05. The van der Waals surface area contributed by atoms with E-state index >= 15 is 0 Å². The van der Waals surface area contributed by atoms with E-state index in [1.165, 1.54) is 5.39 Å². The van der Waals surface area contributed by atoms with Gasteiger partial charge in [0.15, 0.2) is 0 Å². The van der Waals surface area contributed by atoms with Crippen molar-refractivity contribution in [3.05, 3.63) is 82.4 Å². The van der Waals surface area contributed by atoms with E-state index in [-0.39, 0.29) is 10.6 Å². The van der Waals surface area contributed by atoms with Crippen LogP contribution < -0.4 is 4.90 Å². The third-order valence-electron chi connectivity index (χ3n) is 5.39. The van der Waals surface area contributed by atoms with Gasteiger partial charge in [-0.25, -0.2) is 0 Å². The molecule has 4 rings (SSSR count). The Morgan fingerprint density at radius 1 is 0.929 bits per heavy atom. The summed E-state index contributed by atoms with van der Waals surface area (Å²) >= 11 is 0. The molecule has 1 saturated heterocycles. The number of aliphatic hydroxyl groups is 1. The number of hydrogen-bond donors (Lipinski definition) is 1. The molecule has 0 aromatic heterocycles. The summed E-state index contributed by atoms with van der Waals surface area (Å²) in [6.45, 7) is 3.97. The Balaban J connectivity index is 1.35. The second-order valence-electron chi connectivity index (χ2n) is 7.18. The lowest BCUT2D eigenvalue weighted by atomic mass is 10.0. The number of nitro groups is 1. The molecule has 1 aliphatic rings. The van der Waals surface area contributed by atoms with Crippen molar-refractivity contribution in [2.75, 3.05) is 37.6 Å². The maximum absolute atomic E-state index is 10.8. The molecule has 6 nitrogen and oxygen atoms in total. The molecular weight excluding hydrogens is 354 g/mol. The third-order valence-corrected chi connectivity index (χ3v) is 5.39. The molecule has 0 amide bonds. The number of fused-ring (bicyclic) bond motifs is 1. The van der Waals surface area contributed by atoms with Crippen LogP contribution in [-0.2, 0) is 0 Å². The Bertz CT molecular complexity index is 966. The minimum Gasteiger partial charge on any atom is -0.387 e. The third kappa shape index (κ3) is 3.98. The van der Waals surface area contributed by atoms with Gasteiger partial charge >= 0.3 is 0 Å². The molecule has 144 valence electrons. The predicted molar refractivity (Wildman–Crippen MR) is 111 cm³/mol. The van der Waals surface area contributed by atoms with Gasteiger partial charge in [0.2, 0.25) is 0 Å². The van der Waals surface area contributed by atoms with Gasteiger partial charge in [-0.2, -0.15) is 0 Å². The molecule has 0 saturated carbocycles. The summed E-state index contributed by atoms with van der Waals surface area (Å²) in [6, 6.07) is 21.0. The Morgan fingerprint density at radius 2 is 1.61 bits per heavy atom. The van der Waals surface area contributed by atoms with Crippen molar-refractivity contribution in [1.82, 2.24) is 4.90 Å². The van der Waals surface area contributed by atoms with Crippen LogP contribution in [0.2, 0.25) is 0 Å². The Morgan fingerprint density at radius 3 is 2.29 bits per heavy atom. The molecule has 28 heavy (non-hydrogen) atoms. The van der Waals surface area contributed by atoms with Crippen molar-refractivity contribution in [2.24, 2.45) is 0 Å². The Labute approximate surface area is 163 Å². The Hall–Kier alpha value is -2.96. The summed E-state index contributed by atoms with van der Waals surface area (Å²) < 4.78 is 0. The van der Waals surface area contributed by atoms with Gasteiger partial charge in [0.05, 0.1) is 11.0 Å². The first-order chi connectivity index (χ1) is 13.6. The van der Waals surface area contributed by atoms with Gasteiger partial charge in [-0.15, -0.1) is 0 Å². The molecule has 3 aromatic carbocycles. The number of nitrogens with zero attached hydrogens (tertiary/aromatic N) is 3. The lowest BCUT2D eigenvalue weighted by Crippen LogP contribution is -2.47. The van der Waals surface area contributed by atoms with Gasteiger partial charge in [0, 0.05) is 50.5 Å². The van der Waals surface area contributed by atoms with Crippen LogP contribution in [0.4, 0.5) is 11.4 Å². The summed E-state index contributed by atoms with van der Waals surface area (Å²) in [7, 11) is 0. The average Bonchev–Trinajstić information content (AvgIpc) is 2.74. The number of nitro benzene ring substituents is 1. The van der Waals surface area contributed by atoms with Crippen molar-refractivity contribution in [3.8, 4) is 0 Å². The van der Waals surface area contributed by atoms with E-state index in [4.69, 9.17) is 0 Å². The highest BCUT2D eigenvalue weighted by atomic mass is 16.6. The van der Waals surface area contributed by atoms with E-state index in [9.17, 15) is 15.2 Å². The minimum atomic E-state index is -0.518. The molecule has 1 aliphatic heterocycles. The van der Waals surface area contributed by atoms with Gasteiger partial charge in [-0.1, -0.05) is 36.4 Å². The van der Waals surface area contributed by atoms with Crippen molar-refractivity contribution in [1.29, 1.82) is 0 Å². The first-order valence-corrected chi connectivity index (χ1v) is 9.49. The zero-order chi connectivity index (χ0) is 19.5. The highest BCUT2D eigenvalue weighted by Crippen LogP contribution is 2.23. The van der Waals surface area contributed by atoms with Gasteiger partial charge in [-0.3, -0.25) is 15.0 Å². The number of benzene rings is 3. The fraction of sp³-hybridized carbons (Fsp3) is 0.273. The van der Waals surface area contributed by atoms with Gasteiger partial charge in [-0.05, 0) is 34.5 Å². The maximum atomic E-state index is 10.8. The van der Waals surface area contributed by atoms with Gasteiger partial charge in [0.1, 0.15) is 0 Å². The summed E-state index contributed by atoms with van der Waals surface area (Å²) in [5.74, 6) is 0. The van der Waals surface area contributed by atoms with E-state index in [1.807, 2.05) is 18.2 Å². The van der Waals surface area contributed by atoms with E-state index in [0.29, 0.717) is 6.54 Å². The first-order valence-electron chi connectivity index (χ1n) is 9.49. The molecule has 1 N–H and O–H groups in total. The zero-order valence-electron chi connectivity index (χ0n) is 15.6. The predicted octanol–water partition coefficient (Wildman–Crippen LogP) is 3.60. The topological polar surface area (TPSA) is 69.9 Å². The first kappa shape index (κ1) is 18.4. The summed E-state index contributed by atoms with van der Waals surface area (Å²) in [6.07, 6.45) is -0.518. The number of anilines is 1. The lowest BCUT2D eigenvalue weighted by Gasteiger charge is -2.37. The molecule has 3 aromatic rings. The zero-order valence-corrected chi connectivity index (χ0v) is 15.6. The average molecular weight is 377 g/mol. The lowest BCUT2D eigenvalue weighted by molar-refractivity contribution is -0.384. The van der Waals surface area contributed by atoms with Crippen LogP contribution in [-0.4, -0.2) is 47.7 Å². The Kier molecular flexibility index (Phi) is 5.23. The molecule has 1 heterocycles. The molecular formula is C22H23N3O3. The van der Waals surface area contributed by atoms with Crippen LogP contribution in [0, 0.1) is 10.1 Å². The number of aliphatic hydroxyl groups excluding tert-OH is 1. The van der Waals surface area contributed by atoms with Crippen LogP contribution in [0.25, 0.3) is 10.8 Å². The highest BCUT2D eigenvalue weighted by molar-refractivity contribution is 5.83. The van der Waals surface area contributed by atoms with Crippen molar-refractivity contribution < 1.29 is 10.0 Å². The van der Waals surface area contributed by atoms with Crippen LogP contribution in [0.3, 0.4) is 0 Å². The van der Waals surface area contributed by atoms with E-state index in [0.717, 1.165) is 42.8 Å². The fourth-order valence-corrected chi connectivity index (χ4v) is 3.74. The largest absolute Gasteiger partial charge is 0.387 e. The van der Waals surface area contributed by atoms with E-state index in [1.54, 1.807) is 24.3 Å². The number of β-amino-alcohol motifs (C(OH)–C–C–N with tert-alkyl or cyclic N) is 1. The molecule has 0 spiro atoms. The standard InChI is InChI=1S/C22H23N3O3/c26-22(19-6-5-17-3-1-2-4-18(17)15-19)16-23-11-13-24(14-12-23)20-7-9-21(10-8-20)25(27)28/h1-10,15,22,26H,11-14,16H2. The fourth-order valence-electron chi connectivity index (χ4n) is 3.74. The number of rotatable bonds is 5. The quantitative estimate of drug-likeness (QED) is 0.543. The number of non-ortho nitro benzene ring substituents is 1. The molecule has 0 aliphatic carbocycles. The molecule has 1 atom stereocenters. The molecule has 1 unspecified atom stereocenters. The van der Waals surface area contributed by atoms with Crippen molar-refractivity contribution >= 4 is 22.1 Å². The maximum Gasteiger partial charge on any atom is 0.269 e. The van der Waals surface area contributed by atoms with Crippen LogP contribution in [0.1, 0.15) is 11.7 Å². The summed E-state index contributed by atoms with van der Waals surface area (Å²) in [5, 5.41) is 23.8. The van der Waals surface area contributed by atoms with E-state index in [2.05, 4.69) is 34.1 Å². The van der Waals surface area contributed by atoms with Crippen molar-refractivity contribution in [3.63, 3.8) is 0 Å².